The van der Waals surface area contributed by atoms with E-state index in [0.717, 1.165) is 10.5 Å². The molecule has 8 heteroatoms. The van der Waals surface area contributed by atoms with Crippen molar-refractivity contribution in [1.82, 2.24) is 9.46 Å². The molecule has 3 rings (SSSR count). The minimum absolute atomic E-state index is 0.187. The predicted octanol–water partition coefficient (Wildman–Crippen LogP) is 2.50. The monoisotopic (exact) mass is 323 g/mol. The third kappa shape index (κ3) is 2.39. The lowest BCUT2D eigenvalue weighted by atomic mass is 10.1. The number of fused-ring (bicyclic) bond motifs is 1. The first-order valence-corrected chi connectivity index (χ1v) is 7.90. The number of thiophene rings is 1. The second-order valence-electron chi connectivity index (χ2n) is 4.73. The van der Waals surface area contributed by atoms with Crippen molar-refractivity contribution in [3.63, 3.8) is 0 Å². The maximum atomic E-state index is 12.5. The van der Waals surface area contributed by atoms with E-state index >= 15 is 0 Å². The van der Waals surface area contributed by atoms with Crippen LogP contribution >= 0.6 is 23.3 Å². The van der Waals surface area contributed by atoms with Crippen LogP contribution in [0.3, 0.4) is 0 Å². The highest BCUT2D eigenvalue weighted by Gasteiger charge is 2.39. The number of carbonyl (C=O) groups excluding carboxylic acids is 2. The van der Waals surface area contributed by atoms with Gasteiger partial charge in [0.2, 0.25) is 11.7 Å². The molecule has 0 radical (unpaired) electrons. The lowest BCUT2D eigenvalue weighted by Gasteiger charge is -2.28. The first-order chi connectivity index (χ1) is 9.99. The maximum absolute atomic E-state index is 12.5. The molecule has 110 valence electrons. The van der Waals surface area contributed by atoms with Crippen molar-refractivity contribution in [1.29, 1.82) is 0 Å². The van der Waals surface area contributed by atoms with Crippen LogP contribution in [-0.2, 0) is 4.79 Å². The van der Waals surface area contributed by atoms with Gasteiger partial charge in [0.05, 0.1) is 10.6 Å². The van der Waals surface area contributed by atoms with Gasteiger partial charge in [0.15, 0.2) is 6.04 Å². The molecule has 1 N–H and O–H groups in total. The number of likely N-dealkylation sites (N-methyl/N-ethyl adjacent to an activating group) is 1. The van der Waals surface area contributed by atoms with E-state index in [9.17, 15) is 9.59 Å². The summed E-state index contributed by atoms with van der Waals surface area (Å²) in [6, 6.07) is 1.02. The van der Waals surface area contributed by atoms with Gasteiger partial charge in [-0.2, -0.15) is 0 Å². The fraction of sp³-hybridized carbons (Fsp3) is 0.308. The molecule has 0 aromatic carbocycles. The number of anilines is 1. The molecular weight excluding hydrogens is 310 g/mol. The third-order valence-electron chi connectivity index (χ3n) is 3.35. The number of rotatable bonds is 2. The molecule has 0 saturated heterocycles. The van der Waals surface area contributed by atoms with Gasteiger partial charge in [-0.1, -0.05) is 5.16 Å². The lowest BCUT2D eigenvalue weighted by molar-refractivity contribution is -0.118. The Labute approximate surface area is 129 Å². The van der Waals surface area contributed by atoms with Crippen molar-refractivity contribution in [2.45, 2.75) is 24.8 Å². The van der Waals surface area contributed by atoms with Crippen LogP contribution in [0.4, 0.5) is 5.88 Å². The number of Topliss-reactive ketones (excluding diaryl/α,β-unsaturated/α-hetero) is 1. The normalized spacial score (nSPS) is 18.6. The smallest absolute Gasteiger partial charge is 0.253 e. The zero-order valence-electron chi connectivity index (χ0n) is 11.7. The maximum Gasteiger partial charge on any atom is 0.253 e. The fourth-order valence-corrected chi connectivity index (χ4v) is 4.06. The van der Waals surface area contributed by atoms with Crippen molar-refractivity contribution in [3.8, 4) is 0 Å². The number of ketones is 1. The Kier molecular flexibility index (Phi) is 3.60. The molecule has 0 fully saturated rings. The molecule has 21 heavy (non-hydrogen) atoms. The molecule has 1 unspecified atom stereocenters. The van der Waals surface area contributed by atoms with Crippen LogP contribution in [0.25, 0.3) is 0 Å². The van der Waals surface area contributed by atoms with Gasteiger partial charge in [0.25, 0.3) is 5.91 Å². The van der Waals surface area contributed by atoms with Crippen molar-refractivity contribution in [2.75, 3.05) is 12.4 Å². The number of nitrogens with one attached hydrogen (secondary N) is 1. The van der Waals surface area contributed by atoms with Crippen LogP contribution < -0.4 is 5.32 Å². The molecule has 6 nitrogen and oxygen atoms in total. The van der Waals surface area contributed by atoms with Gasteiger partial charge < -0.3 is 4.52 Å². The van der Waals surface area contributed by atoms with Crippen LogP contribution in [0.1, 0.15) is 20.9 Å². The summed E-state index contributed by atoms with van der Waals surface area (Å²) in [6.45, 7) is 3.60. The van der Waals surface area contributed by atoms with Crippen LogP contribution in [0, 0.1) is 13.8 Å². The van der Waals surface area contributed by atoms with Crippen LogP contribution in [0.5, 0.6) is 0 Å². The first kappa shape index (κ1) is 14.3. The van der Waals surface area contributed by atoms with E-state index in [1.54, 1.807) is 25.2 Å². The highest BCUT2D eigenvalue weighted by Crippen LogP contribution is 2.37. The van der Waals surface area contributed by atoms with Crippen molar-refractivity contribution in [3.05, 3.63) is 27.6 Å². The van der Waals surface area contributed by atoms with E-state index in [0.29, 0.717) is 16.5 Å². The van der Waals surface area contributed by atoms with E-state index in [1.807, 2.05) is 11.4 Å². The van der Waals surface area contributed by atoms with Crippen molar-refractivity contribution >= 4 is 40.9 Å². The molecule has 2 aromatic heterocycles. The lowest BCUT2D eigenvalue weighted by Crippen LogP contribution is -2.46. The number of nitrogens with zero attached hydrogens (tertiary/aromatic N) is 2. The zero-order chi connectivity index (χ0) is 15.1. The molecule has 3 heterocycles. The molecule has 1 atom stereocenters. The summed E-state index contributed by atoms with van der Waals surface area (Å²) in [5.74, 6) is -0.304. The Bertz CT molecular complexity index is 722. The van der Waals surface area contributed by atoms with Gasteiger partial charge >= 0.3 is 0 Å². The van der Waals surface area contributed by atoms with Gasteiger partial charge in [-0.3, -0.25) is 14.9 Å². The molecule has 0 bridgehead atoms. The SMILES string of the molecule is Cc1noc(NC(=O)C2C(=O)c3sccc3SN2C)c1C. The number of hydrogen-bond acceptors (Lipinski definition) is 7. The molecule has 0 spiro atoms. The van der Waals surface area contributed by atoms with Gasteiger partial charge in [0, 0.05) is 10.5 Å². The number of aromatic nitrogens is 1. The third-order valence-corrected chi connectivity index (χ3v) is 5.44. The van der Waals surface area contributed by atoms with E-state index in [4.69, 9.17) is 4.52 Å². The minimum Gasteiger partial charge on any atom is -0.338 e. The predicted molar refractivity (Wildman–Crippen MR) is 80.7 cm³/mol. The molecule has 0 saturated carbocycles. The Balaban J connectivity index is 1.85. The van der Waals surface area contributed by atoms with E-state index < -0.39 is 11.9 Å². The van der Waals surface area contributed by atoms with E-state index in [2.05, 4.69) is 10.5 Å². The van der Waals surface area contributed by atoms with Crippen molar-refractivity contribution < 1.29 is 14.1 Å². The number of aryl methyl sites for hydroxylation is 1. The average molecular weight is 323 g/mol. The minimum atomic E-state index is -0.869. The summed E-state index contributed by atoms with van der Waals surface area (Å²) in [5.41, 5.74) is 1.47. The standard InChI is InChI=1S/C13H13N3O3S2/c1-6-7(2)15-19-13(6)14-12(18)9-10(17)11-8(4-5-20-11)21-16(9)3/h4-5,9H,1-3H3,(H,14,18). The van der Waals surface area contributed by atoms with Crippen LogP contribution in [0.2, 0.25) is 0 Å². The molecule has 2 aromatic rings. The number of amides is 1. The summed E-state index contributed by atoms with van der Waals surface area (Å²) >= 11 is 2.75. The van der Waals surface area contributed by atoms with Crippen molar-refractivity contribution in [2.24, 2.45) is 0 Å². The average Bonchev–Trinajstić information content (AvgIpc) is 3.01. The summed E-state index contributed by atoms with van der Waals surface area (Å²) in [4.78, 5) is 26.4. The van der Waals surface area contributed by atoms with Gasteiger partial charge in [-0.15, -0.1) is 11.3 Å². The van der Waals surface area contributed by atoms with Gasteiger partial charge in [-0.25, -0.2) is 4.31 Å². The van der Waals surface area contributed by atoms with Gasteiger partial charge in [0.1, 0.15) is 0 Å². The fourth-order valence-electron chi connectivity index (χ4n) is 2.04. The number of hydrogen-bond donors (Lipinski definition) is 1. The van der Waals surface area contributed by atoms with E-state index in [1.165, 1.54) is 23.3 Å². The van der Waals surface area contributed by atoms with Gasteiger partial charge in [-0.05, 0) is 44.3 Å². The molecule has 1 aliphatic heterocycles. The summed E-state index contributed by atoms with van der Waals surface area (Å²) < 4.78 is 6.72. The summed E-state index contributed by atoms with van der Waals surface area (Å²) in [5, 5.41) is 8.29. The molecule has 1 amide bonds. The summed E-state index contributed by atoms with van der Waals surface area (Å²) in [7, 11) is 1.73. The van der Waals surface area contributed by atoms with E-state index in [-0.39, 0.29) is 5.78 Å². The highest BCUT2D eigenvalue weighted by molar-refractivity contribution is 7.97. The second-order valence-corrected chi connectivity index (χ2v) is 6.84. The van der Waals surface area contributed by atoms with Crippen LogP contribution in [0.15, 0.2) is 20.9 Å². The summed E-state index contributed by atoms with van der Waals surface area (Å²) in [6.07, 6.45) is 0. The van der Waals surface area contributed by atoms with Crippen LogP contribution in [-0.4, -0.2) is 34.2 Å². The first-order valence-electron chi connectivity index (χ1n) is 6.25. The topological polar surface area (TPSA) is 75.4 Å². The second kappa shape index (κ2) is 5.28. The molecule has 1 aliphatic rings. The Morgan fingerprint density at radius 1 is 1.48 bits per heavy atom. The zero-order valence-corrected chi connectivity index (χ0v) is 13.3. The highest BCUT2D eigenvalue weighted by atomic mass is 32.2. The Morgan fingerprint density at radius 3 is 2.90 bits per heavy atom. The Morgan fingerprint density at radius 2 is 2.24 bits per heavy atom. The quantitative estimate of drug-likeness (QED) is 0.676. The number of carbonyl (C=O) groups is 2. The molecule has 0 aliphatic carbocycles. The largest absolute Gasteiger partial charge is 0.338 e. The molecular formula is C13H13N3O3S2. The Hall–Kier alpha value is -1.64.